The SMILES string of the molecule is CNCc1c(S(=O)(=O)Nc2ccc(C)nc2C)n[nH]c1C. The summed E-state index contributed by atoms with van der Waals surface area (Å²) < 4.78 is 27.5. The molecule has 0 aliphatic rings. The van der Waals surface area contributed by atoms with E-state index in [1.165, 1.54) is 0 Å². The summed E-state index contributed by atoms with van der Waals surface area (Å²) in [5, 5.41) is 9.58. The van der Waals surface area contributed by atoms with Gasteiger partial charge in [-0.15, -0.1) is 0 Å². The van der Waals surface area contributed by atoms with Gasteiger partial charge < -0.3 is 5.32 Å². The highest BCUT2D eigenvalue weighted by atomic mass is 32.2. The van der Waals surface area contributed by atoms with Crippen LogP contribution in [0.1, 0.15) is 22.6 Å². The fourth-order valence-electron chi connectivity index (χ4n) is 2.02. The lowest BCUT2D eigenvalue weighted by Gasteiger charge is -2.10. The van der Waals surface area contributed by atoms with E-state index in [-0.39, 0.29) is 5.03 Å². The van der Waals surface area contributed by atoms with E-state index < -0.39 is 10.0 Å². The average Bonchev–Trinajstić information content (AvgIpc) is 2.76. The Morgan fingerprint density at radius 2 is 1.95 bits per heavy atom. The molecular formula is C13H19N5O2S. The summed E-state index contributed by atoms with van der Waals surface area (Å²) in [6, 6.07) is 3.46. The van der Waals surface area contributed by atoms with E-state index in [1.54, 1.807) is 33.0 Å². The highest BCUT2D eigenvalue weighted by Crippen LogP contribution is 2.21. The molecule has 0 unspecified atom stereocenters. The van der Waals surface area contributed by atoms with Crippen LogP contribution in [0.4, 0.5) is 5.69 Å². The van der Waals surface area contributed by atoms with Gasteiger partial charge in [-0.3, -0.25) is 14.8 Å². The molecular weight excluding hydrogens is 290 g/mol. The Bertz CT molecular complexity index is 752. The lowest BCUT2D eigenvalue weighted by atomic mass is 10.3. The van der Waals surface area contributed by atoms with Gasteiger partial charge in [0.25, 0.3) is 10.0 Å². The van der Waals surface area contributed by atoms with Crippen LogP contribution in [0.2, 0.25) is 0 Å². The normalized spacial score (nSPS) is 11.6. The van der Waals surface area contributed by atoms with Crippen molar-refractivity contribution in [2.75, 3.05) is 11.8 Å². The lowest BCUT2D eigenvalue weighted by molar-refractivity contribution is 0.595. The number of hydrogen-bond acceptors (Lipinski definition) is 5. The molecule has 0 aliphatic heterocycles. The Balaban J connectivity index is 2.39. The molecule has 3 N–H and O–H groups in total. The van der Waals surface area contributed by atoms with Gasteiger partial charge in [-0.1, -0.05) is 0 Å². The molecule has 0 fully saturated rings. The van der Waals surface area contributed by atoms with Crippen molar-refractivity contribution < 1.29 is 8.42 Å². The predicted molar refractivity (Wildman–Crippen MR) is 80.6 cm³/mol. The summed E-state index contributed by atoms with van der Waals surface area (Å²) in [5.74, 6) is 0. The number of anilines is 1. The molecule has 8 heteroatoms. The molecule has 21 heavy (non-hydrogen) atoms. The van der Waals surface area contributed by atoms with Crippen molar-refractivity contribution in [2.24, 2.45) is 0 Å². The van der Waals surface area contributed by atoms with Crippen molar-refractivity contribution in [3.63, 3.8) is 0 Å². The standard InChI is InChI=1S/C13H19N5O2S/c1-8-5-6-12(10(3)15-8)18-21(19,20)13-11(7-14-4)9(2)16-17-13/h5-6,14,18H,7H2,1-4H3,(H,16,17). The number of sulfonamides is 1. The lowest BCUT2D eigenvalue weighted by Crippen LogP contribution is -2.18. The fraction of sp³-hybridized carbons (Fsp3) is 0.385. The van der Waals surface area contributed by atoms with Gasteiger partial charge in [0.15, 0.2) is 0 Å². The smallest absolute Gasteiger partial charge is 0.281 e. The molecule has 0 bridgehead atoms. The maximum Gasteiger partial charge on any atom is 0.281 e. The average molecular weight is 309 g/mol. The highest BCUT2D eigenvalue weighted by Gasteiger charge is 2.24. The zero-order chi connectivity index (χ0) is 15.6. The molecule has 0 saturated heterocycles. The summed E-state index contributed by atoms with van der Waals surface area (Å²) in [6.07, 6.45) is 0. The molecule has 2 aromatic rings. The van der Waals surface area contributed by atoms with Crippen molar-refractivity contribution in [2.45, 2.75) is 32.3 Å². The van der Waals surface area contributed by atoms with Gasteiger partial charge in [0.1, 0.15) is 0 Å². The van der Waals surface area contributed by atoms with Crippen molar-refractivity contribution in [3.05, 3.63) is 34.8 Å². The zero-order valence-corrected chi connectivity index (χ0v) is 13.3. The second-order valence-corrected chi connectivity index (χ2v) is 6.45. The first-order valence-electron chi connectivity index (χ1n) is 6.50. The molecule has 0 radical (unpaired) electrons. The first kappa shape index (κ1) is 15.5. The second-order valence-electron chi connectivity index (χ2n) is 4.85. The largest absolute Gasteiger partial charge is 0.316 e. The fourth-order valence-corrected chi connectivity index (χ4v) is 3.34. The molecule has 0 aliphatic carbocycles. The zero-order valence-electron chi connectivity index (χ0n) is 12.5. The quantitative estimate of drug-likeness (QED) is 0.772. The van der Waals surface area contributed by atoms with Crippen molar-refractivity contribution in [1.29, 1.82) is 0 Å². The van der Waals surface area contributed by atoms with E-state index in [1.807, 2.05) is 6.92 Å². The van der Waals surface area contributed by atoms with Crippen molar-refractivity contribution in [3.8, 4) is 0 Å². The van der Waals surface area contributed by atoms with Gasteiger partial charge in [-0.25, -0.2) is 0 Å². The minimum Gasteiger partial charge on any atom is -0.316 e. The number of nitrogens with zero attached hydrogens (tertiary/aromatic N) is 2. The molecule has 0 atom stereocenters. The topological polar surface area (TPSA) is 99.8 Å². The van der Waals surface area contributed by atoms with Gasteiger partial charge in [-0.2, -0.15) is 13.5 Å². The molecule has 2 heterocycles. The van der Waals surface area contributed by atoms with Crippen LogP contribution >= 0.6 is 0 Å². The number of aryl methyl sites for hydroxylation is 3. The second kappa shape index (κ2) is 5.82. The summed E-state index contributed by atoms with van der Waals surface area (Å²) in [4.78, 5) is 4.25. The number of nitrogens with one attached hydrogen (secondary N) is 3. The van der Waals surface area contributed by atoms with Crippen LogP contribution in [0.15, 0.2) is 17.2 Å². The van der Waals surface area contributed by atoms with Crippen LogP contribution in [-0.2, 0) is 16.6 Å². The van der Waals surface area contributed by atoms with Gasteiger partial charge in [0, 0.05) is 23.5 Å². The van der Waals surface area contributed by atoms with E-state index in [4.69, 9.17) is 0 Å². The van der Waals surface area contributed by atoms with Gasteiger partial charge in [0.2, 0.25) is 5.03 Å². The molecule has 0 saturated carbocycles. The van der Waals surface area contributed by atoms with Crippen LogP contribution < -0.4 is 10.0 Å². The number of aromatic nitrogens is 3. The van der Waals surface area contributed by atoms with E-state index in [2.05, 4.69) is 25.2 Å². The number of H-pyrrole nitrogens is 1. The Labute approximate surface area is 124 Å². The number of rotatable bonds is 5. The molecule has 7 nitrogen and oxygen atoms in total. The van der Waals surface area contributed by atoms with Crippen LogP contribution in [0.25, 0.3) is 0 Å². The van der Waals surface area contributed by atoms with E-state index >= 15 is 0 Å². The molecule has 0 amide bonds. The molecule has 114 valence electrons. The van der Waals surface area contributed by atoms with Gasteiger partial charge >= 0.3 is 0 Å². The van der Waals surface area contributed by atoms with Crippen LogP contribution in [0, 0.1) is 20.8 Å². The molecule has 0 aromatic carbocycles. The third-order valence-electron chi connectivity index (χ3n) is 3.11. The number of aromatic amines is 1. The Morgan fingerprint density at radius 3 is 2.57 bits per heavy atom. The first-order valence-corrected chi connectivity index (χ1v) is 7.99. The van der Waals surface area contributed by atoms with Crippen molar-refractivity contribution in [1.82, 2.24) is 20.5 Å². The molecule has 2 aromatic heterocycles. The Kier molecular flexibility index (Phi) is 4.29. The van der Waals surface area contributed by atoms with Crippen LogP contribution in [0.5, 0.6) is 0 Å². The summed E-state index contributed by atoms with van der Waals surface area (Å²) in [5.41, 5.74) is 3.27. The van der Waals surface area contributed by atoms with Gasteiger partial charge in [0.05, 0.1) is 11.4 Å². The highest BCUT2D eigenvalue weighted by molar-refractivity contribution is 7.92. The van der Waals surface area contributed by atoms with Crippen LogP contribution in [0.3, 0.4) is 0 Å². The number of hydrogen-bond donors (Lipinski definition) is 3. The van der Waals surface area contributed by atoms with Gasteiger partial charge in [-0.05, 0) is 40.0 Å². The maximum atomic E-state index is 12.5. The summed E-state index contributed by atoms with van der Waals surface area (Å²) in [6.45, 7) is 5.82. The van der Waals surface area contributed by atoms with E-state index in [0.717, 1.165) is 11.4 Å². The summed E-state index contributed by atoms with van der Waals surface area (Å²) in [7, 11) is -2.00. The third-order valence-corrected chi connectivity index (χ3v) is 4.45. The monoisotopic (exact) mass is 309 g/mol. The predicted octanol–water partition coefficient (Wildman–Crippen LogP) is 1.25. The molecule has 0 spiro atoms. The minimum atomic E-state index is -3.75. The third kappa shape index (κ3) is 3.22. The van der Waals surface area contributed by atoms with E-state index in [9.17, 15) is 8.42 Å². The maximum absolute atomic E-state index is 12.5. The first-order chi connectivity index (χ1) is 9.85. The Morgan fingerprint density at radius 1 is 1.24 bits per heavy atom. The number of pyridine rings is 1. The Hall–Kier alpha value is -1.93. The molecule has 2 rings (SSSR count). The van der Waals surface area contributed by atoms with E-state index in [0.29, 0.717) is 23.5 Å². The van der Waals surface area contributed by atoms with Crippen molar-refractivity contribution >= 4 is 15.7 Å². The minimum absolute atomic E-state index is 0.00863. The summed E-state index contributed by atoms with van der Waals surface area (Å²) >= 11 is 0. The van der Waals surface area contributed by atoms with Crippen LogP contribution in [-0.4, -0.2) is 30.6 Å².